The molecule has 1 amide bonds. The zero-order valence-corrected chi connectivity index (χ0v) is 12.9. The van der Waals surface area contributed by atoms with Crippen molar-refractivity contribution < 1.29 is 14.3 Å². The van der Waals surface area contributed by atoms with E-state index in [1.54, 1.807) is 0 Å². The molecule has 0 aliphatic heterocycles. The minimum Gasteiger partial charge on any atom is -0.469 e. The summed E-state index contributed by atoms with van der Waals surface area (Å²) in [4.78, 5) is 23.4. The lowest BCUT2D eigenvalue weighted by Gasteiger charge is -2.16. The third-order valence-electron chi connectivity index (χ3n) is 3.01. The van der Waals surface area contributed by atoms with E-state index in [1.165, 1.54) is 7.11 Å². The maximum Gasteiger partial charge on any atom is 0.314 e. The number of benzene rings is 1. The van der Waals surface area contributed by atoms with Crippen molar-refractivity contribution >= 4 is 11.9 Å². The Morgan fingerprint density at radius 3 is 2.43 bits per heavy atom. The standard InChI is InChI=1S/C16H24N2O3/c1-12(2)18-15(19)9-10-17-11-14(16(20)21-3)13-7-5-4-6-8-13/h4-8,12,14,17H,9-11H2,1-3H3,(H,18,19). The fourth-order valence-electron chi connectivity index (χ4n) is 2.01. The minimum atomic E-state index is -0.357. The smallest absolute Gasteiger partial charge is 0.314 e. The first-order chi connectivity index (χ1) is 10.0. The van der Waals surface area contributed by atoms with Gasteiger partial charge in [-0.15, -0.1) is 0 Å². The Hall–Kier alpha value is -1.88. The highest BCUT2D eigenvalue weighted by Crippen LogP contribution is 2.16. The Labute approximate surface area is 126 Å². The number of rotatable bonds is 8. The number of ether oxygens (including phenoxy) is 1. The molecule has 0 aliphatic rings. The molecule has 0 bridgehead atoms. The van der Waals surface area contributed by atoms with Crippen LogP contribution in [0.4, 0.5) is 0 Å². The van der Waals surface area contributed by atoms with Gasteiger partial charge in [-0.25, -0.2) is 0 Å². The van der Waals surface area contributed by atoms with Crippen LogP contribution in [0.3, 0.4) is 0 Å². The van der Waals surface area contributed by atoms with Crippen LogP contribution in [0.15, 0.2) is 30.3 Å². The molecule has 116 valence electrons. The molecule has 0 aliphatic carbocycles. The van der Waals surface area contributed by atoms with Gasteiger partial charge in [-0.1, -0.05) is 30.3 Å². The van der Waals surface area contributed by atoms with Crippen molar-refractivity contribution in [2.75, 3.05) is 20.2 Å². The summed E-state index contributed by atoms with van der Waals surface area (Å²) in [6.45, 7) is 4.83. The molecule has 1 aromatic rings. The average Bonchev–Trinajstić information content (AvgIpc) is 2.46. The van der Waals surface area contributed by atoms with Gasteiger partial charge in [0.05, 0.1) is 13.0 Å². The first kappa shape index (κ1) is 17.2. The van der Waals surface area contributed by atoms with Crippen LogP contribution in [0.5, 0.6) is 0 Å². The van der Waals surface area contributed by atoms with Crippen molar-refractivity contribution in [3.05, 3.63) is 35.9 Å². The van der Waals surface area contributed by atoms with Crippen LogP contribution in [0, 0.1) is 0 Å². The number of nitrogens with one attached hydrogen (secondary N) is 2. The highest BCUT2D eigenvalue weighted by Gasteiger charge is 2.20. The van der Waals surface area contributed by atoms with Crippen LogP contribution in [-0.2, 0) is 14.3 Å². The summed E-state index contributed by atoms with van der Waals surface area (Å²) in [5.41, 5.74) is 0.906. The van der Waals surface area contributed by atoms with Crippen LogP contribution in [0.2, 0.25) is 0 Å². The maximum absolute atomic E-state index is 11.8. The van der Waals surface area contributed by atoms with E-state index in [0.29, 0.717) is 19.5 Å². The highest BCUT2D eigenvalue weighted by atomic mass is 16.5. The minimum absolute atomic E-state index is 0.00632. The molecule has 0 fully saturated rings. The Kier molecular flexibility index (Phi) is 7.46. The second-order valence-electron chi connectivity index (χ2n) is 5.16. The molecule has 1 aromatic carbocycles. The summed E-state index contributed by atoms with van der Waals surface area (Å²) >= 11 is 0. The molecule has 5 nitrogen and oxygen atoms in total. The highest BCUT2D eigenvalue weighted by molar-refractivity contribution is 5.78. The fraction of sp³-hybridized carbons (Fsp3) is 0.500. The largest absolute Gasteiger partial charge is 0.469 e. The molecule has 1 rings (SSSR count). The fourth-order valence-corrected chi connectivity index (χ4v) is 2.01. The zero-order valence-electron chi connectivity index (χ0n) is 12.9. The van der Waals surface area contributed by atoms with E-state index in [2.05, 4.69) is 10.6 Å². The van der Waals surface area contributed by atoms with Gasteiger partial charge in [0.25, 0.3) is 0 Å². The van der Waals surface area contributed by atoms with Gasteiger partial charge < -0.3 is 15.4 Å². The van der Waals surface area contributed by atoms with Crippen LogP contribution in [0.25, 0.3) is 0 Å². The normalized spacial score (nSPS) is 12.0. The lowest BCUT2D eigenvalue weighted by Crippen LogP contribution is -2.34. The Bertz CT molecular complexity index is 446. The van der Waals surface area contributed by atoms with Crippen LogP contribution >= 0.6 is 0 Å². The second-order valence-corrected chi connectivity index (χ2v) is 5.16. The van der Waals surface area contributed by atoms with E-state index in [9.17, 15) is 9.59 Å². The molecule has 21 heavy (non-hydrogen) atoms. The SMILES string of the molecule is COC(=O)C(CNCCC(=O)NC(C)C)c1ccccc1. The molecule has 0 heterocycles. The summed E-state index contributed by atoms with van der Waals surface area (Å²) in [7, 11) is 1.38. The van der Waals surface area contributed by atoms with E-state index >= 15 is 0 Å². The number of hydrogen-bond donors (Lipinski definition) is 2. The maximum atomic E-state index is 11.8. The van der Waals surface area contributed by atoms with E-state index in [1.807, 2.05) is 44.2 Å². The summed E-state index contributed by atoms with van der Waals surface area (Å²) in [6, 6.07) is 9.62. The van der Waals surface area contributed by atoms with Crippen molar-refractivity contribution in [2.45, 2.75) is 32.2 Å². The molecule has 0 spiro atoms. The van der Waals surface area contributed by atoms with E-state index < -0.39 is 0 Å². The summed E-state index contributed by atoms with van der Waals surface area (Å²) in [5.74, 6) is -0.628. The van der Waals surface area contributed by atoms with Gasteiger partial charge in [0.1, 0.15) is 0 Å². The van der Waals surface area contributed by atoms with Crippen LogP contribution in [-0.4, -0.2) is 38.1 Å². The quantitative estimate of drug-likeness (QED) is 0.562. The third kappa shape index (κ3) is 6.40. The lowest BCUT2D eigenvalue weighted by molar-refractivity contribution is -0.142. The molecule has 0 saturated heterocycles. The molecule has 5 heteroatoms. The van der Waals surface area contributed by atoms with Crippen molar-refractivity contribution in [3.8, 4) is 0 Å². The van der Waals surface area contributed by atoms with Gasteiger partial charge in [-0.05, 0) is 19.4 Å². The number of amides is 1. The van der Waals surface area contributed by atoms with Crippen molar-refractivity contribution in [2.24, 2.45) is 0 Å². The molecule has 0 saturated carbocycles. The molecular weight excluding hydrogens is 268 g/mol. The zero-order chi connectivity index (χ0) is 15.7. The van der Waals surface area contributed by atoms with E-state index in [-0.39, 0.29) is 23.8 Å². The number of carbonyl (C=O) groups is 2. The topological polar surface area (TPSA) is 67.4 Å². The Morgan fingerprint density at radius 2 is 1.86 bits per heavy atom. The monoisotopic (exact) mass is 292 g/mol. The van der Waals surface area contributed by atoms with Crippen molar-refractivity contribution in [3.63, 3.8) is 0 Å². The summed E-state index contributed by atoms with van der Waals surface area (Å²) in [5, 5.41) is 5.97. The average molecular weight is 292 g/mol. The van der Waals surface area contributed by atoms with Crippen LogP contribution < -0.4 is 10.6 Å². The first-order valence-corrected chi connectivity index (χ1v) is 7.17. The van der Waals surface area contributed by atoms with Gasteiger partial charge in [0, 0.05) is 25.6 Å². The van der Waals surface area contributed by atoms with Gasteiger partial charge in [0.15, 0.2) is 0 Å². The van der Waals surface area contributed by atoms with E-state index in [0.717, 1.165) is 5.56 Å². The third-order valence-corrected chi connectivity index (χ3v) is 3.01. The number of hydrogen-bond acceptors (Lipinski definition) is 4. The molecule has 1 unspecified atom stereocenters. The molecule has 2 N–H and O–H groups in total. The van der Waals surface area contributed by atoms with Crippen LogP contribution in [0.1, 0.15) is 31.7 Å². The molecule has 1 atom stereocenters. The van der Waals surface area contributed by atoms with E-state index in [4.69, 9.17) is 4.74 Å². The Morgan fingerprint density at radius 1 is 1.19 bits per heavy atom. The molecular formula is C16H24N2O3. The Balaban J connectivity index is 2.45. The number of carbonyl (C=O) groups excluding carboxylic acids is 2. The summed E-state index contributed by atoms with van der Waals surface area (Å²) in [6.07, 6.45) is 0.390. The molecule has 0 aromatic heterocycles. The lowest BCUT2D eigenvalue weighted by atomic mass is 9.99. The predicted octanol–water partition coefficient (Wildman–Crippen LogP) is 1.45. The first-order valence-electron chi connectivity index (χ1n) is 7.17. The predicted molar refractivity (Wildman–Crippen MR) is 82.0 cm³/mol. The van der Waals surface area contributed by atoms with Crippen molar-refractivity contribution in [1.82, 2.24) is 10.6 Å². The van der Waals surface area contributed by atoms with Gasteiger partial charge in [-0.3, -0.25) is 9.59 Å². The van der Waals surface area contributed by atoms with Crippen molar-refractivity contribution in [1.29, 1.82) is 0 Å². The molecule has 0 radical (unpaired) electrons. The summed E-state index contributed by atoms with van der Waals surface area (Å²) < 4.78 is 4.84. The van der Waals surface area contributed by atoms with Gasteiger partial charge >= 0.3 is 5.97 Å². The van der Waals surface area contributed by atoms with Gasteiger partial charge in [0.2, 0.25) is 5.91 Å². The van der Waals surface area contributed by atoms with Gasteiger partial charge in [-0.2, -0.15) is 0 Å². The number of methoxy groups -OCH3 is 1. The number of esters is 1. The second kappa shape index (κ2) is 9.13.